The normalized spacial score (nSPS) is 12.4. The minimum atomic E-state index is 0.278. The van der Waals surface area contributed by atoms with Gasteiger partial charge in [0.2, 0.25) is 0 Å². The van der Waals surface area contributed by atoms with Crippen molar-refractivity contribution in [2.24, 2.45) is 5.41 Å². The van der Waals surface area contributed by atoms with Crippen LogP contribution >= 0.6 is 0 Å². The van der Waals surface area contributed by atoms with Gasteiger partial charge in [-0.15, -0.1) is 0 Å². The van der Waals surface area contributed by atoms with E-state index in [0.29, 0.717) is 0 Å². The average Bonchev–Trinajstić information content (AvgIpc) is 2.42. The van der Waals surface area contributed by atoms with Crippen molar-refractivity contribution in [3.8, 4) is 0 Å². The van der Waals surface area contributed by atoms with Crippen LogP contribution in [0.2, 0.25) is 0 Å². The van der Waals surface area contributed by atoms with Crippen molar-refractivity contribution in [3.05, 3.63) is 28.6 Å². The smallest absolute Gasteiger partial charge is 0.0918 e. The Morgan fingerprint density at radius 3 is 2.28 bits per heavy atom. The fourth-order valence-corrected chi connectivity index (χ4v) is 2.65. The van der Waals surface area contributed by atoms with E-state index in [0.717, 1.165) is 12.2 Å². The van der Waals surface area contributed by atoms with Gasteiger partial charge < -0.3 is 4.57 Å². The van der Waals surface area contributed by atoms with Crippen molar-refractivity contribution < 1.29 is 0 Å². The van der Waals surface area contributed by atoms with Crippen LogP contribution in [0.25, 0.3) is 11.0 Å². The molecular formula is C16H24N2. The van der Waals surface area contributed by atoms with Gasteiger partial charge in [0.15, 0.2) is 0 Å². The van der Waals surface area contributed by atoms with Crippen molar-refractivity contribution in [1.29, 1.82) is 0 Å². The molecule has 0 saturated heterocycles. The summed E-state index contributed by atoms with van der Waals surface area (Å²) in [6.45, 7) is 16.5. The zero-order chi connectivity index (χ0) is 13.7. The van der Waals surface area contributed by atoms with Crippen LogP contribution in [0.15, 0.2) is 6.07 Å². The maximum atomic E-state index is 4.73. The minimum absolute atomic E-state index is 0.278. The van der Waals surface area contributed by atoms with Gasteiger partial charge in [0, 0.05) is 17.9 Å². The number of pyridine rings is 1. The van der Waals surface area contributed by atoms with Crippen molar-refractivity contribution in [1.82, 2.24) is 9.55 Å². The first-order valence-corrected chi connectivity index (χ1v) is 6.64. The molecule has 0 fully saturated rings. The SMILES string of the molecule is Cc1cc(C)c2c(n1)c(C)c(C)n2CC(C)(C)C. The van der Waals surface area contributed by atoms with Gasteiger partial charge in [-0.05, 0) is 50.3 Å². The average molecular weight is 244 g/mol. The Labute approximate surface area is 110 Å². The van der Waals surface area contributed by atoms with E-state index in [1.54, 1.807) is 0 Å². The summed E-state index contributed by atoms with van der Waals surface area (Å²) in [5, 5.41) is 0. The molecule has 0 aliphatic rings. The second-order valence-electron chi connectivity index (χ2n) is 6.63. The van der Waals surface area contributed by atoms with Crippen molar-refractivity contribution in [2.45, 2.75) is 55.0 Å². The Hall–Kier alpha value is -1.31. The molecular weight excluding hydrogens is 220 g/mol. The first kappa shape index (κ1) is 13.1. The third-order valence-corrected chi connectivity index (χ3v) is 3.52. The molecule has 0 N–H and O–H groups in total. The maximum Gasteiger partial charge on any atom is 0.0918 e. The second kappa shape index (κ2) is 4.11. The lowest BCUT2D eigenvalue weighted by molar-refractivity contribution is 0.346. The van der Waals surface area contributed by atoms with E-state index in [1.807, 2.05) is 0 Å². The highest BCUT2D eigenvalue weighted by atomic mass is 15.0. The molecule has 0 atom stereocenters. The van der Waals surface area contributed by atoms with Crippen LogP contribution in [-0.2, 0) is 6.54 Å². The van der Waals surface area contributed by atoms with E-state index < -0.39 is 0 Å². The van der Waals surface area contributed by atoms with Crippen LogP contribution in [0.4, 0.5) is 0 Å². The summed E-state index contributed by atoms with van der Waals surface area (Å²) < 4.78 is 2.44. The summed E-state index contributed by atoms with van der Waals surface area (Å²) in [5.74, 6) is 0. The standard InChI is InChI=1S/C16H24N2/c1-10-8-11(2)17-14-12(3)13(4)18(15(10)14)9-16(5,6)7/h8H,9H2,1-7H3. The molecule has 0 aliphatic carbocycles. The van der Waals surface area contributed by atoms with Crippen molar-refractivity contribution in [2.75, 3.05) is 0 Å². The van der Waals surface area contributed by atoms with E-state index in [4.69, 9.17) is 4.98 Å². The van der Waals surface area contributed by atoms with E-state index in [1.165, 1.54) is 27.9 Å². The Bertz CT molecular complexity index is 598. The van der Waals surface area contributed by atoms with E-state index in [2.05, 4.69) is 59.1 Å². The molecule has 2 aromatic heterocycles. The number of fused-ring (bicyclic) bond motifs is 1. The molecule has 0 aliphatic heterocycles. The summed E-state index contributed by atoms with van der Waals surface area (Å²) >= 11 is 0. The third kappa shape index (κ3) is 2.16. The molecule has 0 spiro atoms. The molecule has 0 unspecified atom stereocenters. The first-order chi connectivity index (χ1) is 8.20. The molecule has 2 heteroatoms. The Balaban J connectivity index is 2.77. The number of hydrogen-bond donors (Lipinski definition) is 0. The van der Waals surface area contributed by atoms with Gasteiger partial charge in [0.1, 0.15) is 0 Å². The Morgan fingerprint density at radius 1 is 1.11 bits per heavy atom. The number of aromatic nitrogens is 2. The molecule has 2 nitrogen and oxygen atoms in total. The summed E-state index contributed by atoms with van der Waals surface area (Å²) in [7, 11) is 0. The Kier molecular flexibility index (Phi) is 3.00. The van der Waals surface area contributed by atoms with Gasteiger partial charge in [-0.1, -0.05) is 20.8 Å². The van der Waals surface area contributed by atoms with Crippen molar-refractivity contribution >= 4 is 11.0 Å². The summed E-state index contributed by atoms with van der Waals surface area (Å²) in [4.78, 5) is 4.73. The van der Waals surface area contributed by atoms with Crippen LogP contribution in [0.3, 0.4) is 0 Å². The third-order valence-electron chi connectivity index (χ3n) is 3.52. The Morgan fingerprint density at radius 2 is 1.72 bits per heavy atom. The zero-order valence-electron chi connectivity index (χ0n) is 12.7. The van der Waals surface area contributed by atoms with Crippen LogP contribution in [0.1, 0.15) is 43.3 Å². The molecule has 0 radical (unpaired) electrons. The number of hydrogen-bond acceptors (Lipinski definition) is 1. The highest BCUT2D eigenvalue weighted by molar-refractivity contribution is 5.84. The summed E-state index contributed by atoms with van der Waals surface area (Å²) in [5.41, 5.74) is 7.87. The molecule has 2 rings (SSSR count). The lowest BCUT2D eigenvalue weighted by Gasteiger charge is -2.22. The minimum Gasteiger partial charge on any atom is -0.343 e. The molecule has 98 valence electrons. The predicted octanol–water partition coefficient (Wildman–Crippen LogP) is 4.32. The molecule has 0 amide bonds. The molecule has 18 heavy (non-hydrogen) atoms. The van der Waals surface area contributed by atoms with Gasteiger partial charge in [-0.25, -0.2) is 0 Å². The lowest BCUT2D eigenvalue weighted by atomic mass is 9.96. The largest absolute Gasteiger partial charge is 0.343 e. The maximum absolute atomic E-state index is 4.73. The van der Waals surface area contributed by atoms with Crippen LogP contribution in [0.5, 0.6) is 0 Å². The van der Waals surface area contributed by atoms with Crippen molar-refractivity contribution in [3.63, 3.8) is 0 Å². The van der Waals surface area contributed by atoms with E-state index in [9.17, 15) is 0 Å². The predicted molar refractivity (Wildman–Crippen MR) is 78.1 cm³/mol. The number of nitrogens with zero attached hydrogens (tertiary/aromatic N) is 2. The van der Waals surface area contributed by atoms with Crippen LogP contribution in [-0.4, -0.2) is 9.55 Å². The number of aryl methyl sites for hydroxylation is 3. The molecule has 2 aromatic rings. The summed E-state index contributed by atoms with van der Waals surface area (Å²) in [6.07, 6.45) is 0. The molecule has 2 heterocycles. The molecule has 0 saturated carbocycles. The monoisotopic (exact) mass is 244 g/mol. The van der Waals surface area contributed by atoms with Gasteiger partial charge >= 0.3 is 0 Å². The van der Waals surface area contributed by atoms with Gasteiger partial charge in [-0.2, -0.15) is 0 Å². The van der Waals surface area contributed by atoms with Gasteiger partial charge in [0.05, 0.1) is 11.0 Å². The number of rotatable bonds is 1. The topological polar surface area (TPSA) is 17.8 Å². The van der Waals surface area contributed by atoms with Gasteiger partial charge in [0.25, 0.3) is 0 Å². The zero-order valence-corrected chi connectivity index (χ0v) is 12.7. The highest BCUT2D eigenvalue weighted by Crippen LogP contribution is 2.30. The second-order valence-corrected chi connectivity index (χ2v) is 6.63. The van der Waals surface area contributed by atoms with Gasteiger partial charge in [-0.3, -0.25) is 4.98 Å². The van der Waals surface area contributed by atoms with E-state index in [-0.39, 0.29) is 5.41 Å². The lowest BCUT2D eigenvalue weighted by Crippen LogP contribution is -2.16. The fraction of sp³-hybridized carbons (Fsp3) is 0.562. The van der Waals surface area contributed by atoms with Crippen LogP contribution in [0, 0.1) is 33.1 Å². The first-order valence-electron chi connectivity index (χ1n) is 6.64. The highest BCUT2D eigenvalue weighted by Gasteiger charge is 2.19. The quantitative estimate of drug-likeness (QED) is 0.730. The molecule has 0 aromatic carbocycles. The summed E-state index contributed by atoms with van der Waals surface area (Å²) in [6, 6.07) is 2.18. The van der Waals surface area contributed by atoms with E-state index >= 15 is 0 Å². The van der Waals surface area contributed by atoms with Crippen LogP contribution < -0.4 is 0 Å². The fourth-order valence-electron chi connectivity index (χ4n) is 2.65. The molecule has 0 bridgehead atoms.